The third-order valence-electron chi connectivity index (χ3n) is 5.31. The van der Waals surface area contributed by atoms with Crippen LogP contribution in [-0.2, 0) is 6.61 Å². The number of hydrogen-bond acceptors (Lipinski definition) is 6. The van der Waals surface area contributed by atoms with E-state index in [-0.39, 0.29) is 12.0 Å². The number of nitrogens with one attached hydrogen (secondary N) is 2. The quantitative estimate of drug-likeness (QED) is 0.407. The molecule has 2 unspecified atom stereocenters. The third kappa shape index (κ3) is 4.54. The molecule has 3 aromatic carbocycles. The van der Waals surface area contributed by atoms with Crippen molar-refractivity contribution in [1.29, 1.82) is 0 Å². The molecule has 1 aliphatic heterocycles. The standard InChI is InChI=1S/C24H21BrN4O2/c25-19-8-4-7-18(13-19)22-21(14-26-28-22)24-27-23(29-31-24)17-9-11-20(12-10-17)30-15-16-5-2-1-3-6-16/h1-13,21-22,26,28H,14-15H2. The second kappa shape index (κ2) is 9.01. The summed E-state index contributed by atoms with van der Waals surface area (Å²) >= 11 is 3.54. The van der Waals surface area contributed by atoms with E-state index in [0.717, 1.165) is 26.9 Å². The highest BCUT2D eigenvalue weighted by atomic mass is 79.9. The van der Waals surface area contributed by atoms with E-state index in [1.165, 1.54) is 0 Å². The molecule has 0 radical (unpaired) electrons. The number of nitrogens with zero attached hydrogens (tertiary/aromatic N) is 2. The second-order valence-corrected chi connectivity index (χ2v) is 8.33. The molecule has 1 aromatic heterocycles. The largest absolute Gasteiger partial charge is 0.489 e. The van der Waals surface area contributed by atoms with Gasteiger partial charge >= 0.3 is 0 Å². The van der Waals surface area contributed by atoms with Crippen LogP contribution in [0.1, 0.15) is 29.0 Å². The van der Waals surface area contributed by atoms with Gasteiger partial charge in [0.1, 0.15) is 12.4 Å². The van der Waals surface area contributed by atoms with Crippen molar-refractivity contribution in [1.82, 2.24) is 21.0 Å². The van der Waals surface area contributed by atoms with E-state index < -0.39 is 0 Å². The molecule has 0 bridgehead atoms. The summed E-state index contributed by atoms with van der Waals surface area (Å²) in [6.45, 7) is 1.25. The molecule has 2 N–H and O–H groups in total. The molecule has 4 aromatic rings. The molecule has 6 nitrogen and oxygen atoms in total. The molecule has 7 heteroatoms. The summed E-state index contributed by atoms with van der Waals surface area (Å²) in [5.41, 5.74) is 9.71. The summed E-state index contributed by atoms with van der Waals surface area (Å²) in [6, 6.07) is 26.1. The van der Waals surface area contributed by atoms with Crippen molar-refractivity contribution in [3.63, 3.8) is 0 Å². The van der Waals surface area contributed by atoms with Gasteiger partial charge in [0.2, 0.25) is 11.7 Å². The Labute approximate surface area is 188 Å². The zero-order chi connectivity index (χ0) is 21.0. The Balaban J connectivity index is 1.29. The number of aromatic nitrogens is 2. The van der Waals surface area contributed by atoms with E-state index in [1.54, 1.807) is 0 Å². The lowest BCUT2D eigenvalue weighted by Crippen LogP contribution is -2.24. The van der Waals surface area contributed by atoms with E-state index in [1.807, 2.05) is 66.7 Å². The van der Waals surface area contributed by atoms with Crippen molar-refractivity contribution in [2.75, 3.05) is 6.54 Å². The summed E-state index contributed by atoms with van der Waals surface area (Å²) in [7, 11) is 0. The Kier molecular flexibility index (Phi) is 5.80. The van der Waals surface area contributed by atoms with Gasteiger partial charge in [-0.1, -0.05) is 63.6 Å². The number of hydrogen-bond donors (Lipinski definition) is 2. The normalized spacial score (nSPS) is 18.2. The van der Waals surface area contributed by atoms with E-state index in [0.29, 0.717) is 24.9 Å². The minimum absolute atomic E-state index is 0.0454. The molecule has 31 heavy (non-hydrogen) atoms. The molecule has 0 aliphatic carbocycles. The van der Waals surface area contributed by atoms with Crippen molar-refractivity contribution in [3.05, 3.63) is 100 Å². The predicted molar refractivity (Wildman–Crippen MR) is 121 cm³/mol. The highest BCUT2D eigenvalue weighted by Gasteiger charge is 2.34. The molecule has 1 saturated heterocycles. The lowest BCUT2D eigenvalue weighted by Gasteiger charge is -2.15. The molecule has 5 rings (SSSR count). The third-order valence-corrected chi connectivity index (χ3v) is 5.80. The van der Waals surface area contributed by atoms with Crippen LogP contribution >= 0.6 is 15.9 Å². The maximum atomic E-state index is 5.86. The molecule has 2 heterocycles. The van der Waals surface area contributed by atoms with E-state index in [4.69, 9.17) is 9.26 Å². The Morgan fingerprint density at radius 1 is 1.00 bits per heavy atom. The lowest BCUT2D eigenvalue weighted by molar-refractivity contribution is 0.306. The van der Waals surface area contributed by atoms with Gasteiger partial charge in [-0.25, -0.2) is 5.43 Å². The van der Waals surface area contributed by atoms with Crippen LogP contribution in [0, 0.1) is 0 Å². The first-order valence-corrected chi connectivity index (χ1v) is 10.9. The van der Waals surface area contributed by atoms with Gasteiger partial charge in [0.25, 0.3) is 0 Å². The first-order valence-electron chi connectivity index (χ1n) is 10.1. The number of benzene rings is 3. The fourth-order valence-corrected chi connectivity index (χ4v) is 4.10. The van der Waals surface area contributed by atoms with Crippen LogP contribution in [0.2, 0.25) is 0 Å². The minimum atomic E-state index is 0.0454. The van der Waals surface area contributed by atoms with Crippen molar-refractivity contribution < 1.29 is 9.26 Å². The van der Waals surface area contributed by atoms with Gasteiger partial charge in [-0.2, -0.15) is 4.98 Å². The number of hydrazine groups is 1. The number of rotatable bonds is 6. The SMILES string of the molecule is Brc1cccc(C2NNCC2c2nc(-c3ccc(OCc4ccccc4)cc3)no2)c1. The zero-order valence-electron chi connectivity index (χ0n) is 16.7. The predicted octanol–water partition coefficient (Wildman–Crippen LogP) is 5.01. The molecule has 0 amide bonds. The molecule has 0 spiro atoms. The molecule has 1 aliphatic rings. The second-order valence-electron chi connectivity index (χ2n) is 7.42. The van der Waals surface area contributed by atoms with Crippen LogP contribution < -0.4 is 15.6 Å². The van der Waals surface area contributed by atoms with Gasteiger partial charge in [0, 0.05) is 16.6 Å². The van der Waals surface area contributed by atoms with Crippen LogP contribution in [0.25, 0.3) is 11.4 Å². The van der Waals surface area contributed by atoms with Crippen LogP contribution in [0.5, 0.6) is 5.75 Å². The molecular weight excluding hydrogens is 456 g/mol. The summed E-state index contributed by atoms with van der Waals surface area (Å²) < 4.78 is 12.5. The monoisotopic (exact) mass is 476 g/mol. The summed E-state index contributed by atoms with van der Waals surface area (Å²) in [5, 5.41) is 4.21. The van der Waals surface area contributed by atoms with Crippen LogP contribution in [0.4, 0.5) is 0 Å². The van der Waals surface area contributed by atoms with Gasteiger partial charge in [0.15, 0.2) is 0 Å². The van der Waals surface area contributed by atoms with Crippen molar-refractivity contribution in [2.45, 2.75) is 18.6 Å². The summed E-state index contributed by atoms with van der Waals surface area (Å²) in [5.74, 6) is 2.03. The van der Waals surface area contributed by atoms with Crippen LogP contribution in [0.3, 0.4) is 0 Å². The topological polar surface area (TPSA) is 72.2 Å². The Bertz CT molecular complexity index is 1150. The smallest absolute Gasteiger partial charge is 0.233 e. The van der Waals surface area contributed by atoms with Gasteiger partial charge < -0.3 is 9.26 Å². The molecule has 156 valence electrons. The Morgan fingerprint density at radius 3 is 2.65 bits per heavy atom. The lowest BCUT2D eigenvalue weighted by atomic mass is 9.95. The van der Waals surface area contributed by atoms with Crippen LogP contribution in [-0.4, -0.2) is 16.7 Å². The average Bonchev–Trinajstić information content (AvgIpc) is 3.48. The molecule has 2 atom stereocenters. The molecular formula is C24H21BrN4O2. The van der Waals surface area contributed by atoms with Gasteiger partial charge in [-0.15, -0.1) is 0 Å². The Hall–Kier alpha value is -3.00. The zero-order valence-corrected chi connectivity index (χ0v) is 18.2. The van der Waals surface area contributed by atoms with Crippen LogP contribution in [0.15, 0.2) is 87.9 Å². The van der Waals surface area contributed by atoms with E-state index in [2.05, 4.69) is 49.1 Å². The van der Waals surface area contributed by atoms with Gasteiger partial charge in [-0.3, -0.25) is 5.43 Å². The first kappa shape index (κ1) is 19.9. The van der Waals surface area contributed by atoms with E-state index in [9.17, 15) is 0 Å². The number of halogens is 1. The fraction of sp³-hybridized carbons (Fsp3) is 0.167. The maximum Gasteiger partial charge on any atom is 0.233 e. The minimum Gasteiger partial charge on any atom is -0.489 e. The van der Waals surface area contributed by atoms with Crippen molar-refractivity contribution in [3.8, 4) is 17.1 Å². The molecule has 0 saturated carbocycles. The maximum absolute atomic E-state index is 5.86. The fourth-order valence-electron chi connectivity index (χ4n) is 3.69. The first-order chi connectivity index (χ1) is 15.3. The summed E-state index contributed by atoms with van der Waals surface area (Å²) in [4.78, 5) is 4.67. The number of ether oxygens (including phenoxy) is 1. The Morgan fingerprint density at radius 2 is 1.84 bits per heavy atom. The van der Waals surface area contributed by atoms with E-state index >= 15 is 0 Å². The van der Waals surface area contributed by atoms with Gasteiger partial charge in [-0.05, 0) is 47.5 Å². The highest BCUT2D eigenvalue weighted by Crippen LogP contribution is 2.34. The van der Waals surface area contributed by atoms with Crippen molar-refractivity contribution in [2.24, 2.45) is 0 Å². The highest BCUT2D eigenvalue weighted by molar-refractivity contribution is 9.10. The molecule has 1 fully saturated rings. The summed E-state index contributed by atoms with van der Waals surface area (Å²) in [6.07, 6.45) is 0. The van der Waals surface area contributed by atoms with Crippen molar-refractivity contribution >= 4 is 15.9 Å². The van der Waals surface area contributed by atoms with Gasteiger partial charge in [0.05, 0.1) is 12.0 Å². The average molecular weight is 477 g/mol.